The van der Waals surface area contributed by atoms with Crippen LogP contribution in [0.2, 0.25) is 0 Å². The normalized spacial score (nSPS) is 15.7. The molecule has 4 nitrogen and oxygen atoms in total. The minimum atomic E-state index is -0.616. The summed E-state index contributed by atoms with van der Waals surface area (Å²) in [4.78, 5) is 12.8. The molecule has 0 N–H and O–H groups in total. The summed E-state index contributed by atoms with van der Waals surface area (Å²) in [7, 11) is 0. The molecule has 1 aliphatic heterocycles. The maximum Gasteiger partial charge on any atom is 0.214 e. The van der Waals surface area contributed by atoms with Crippen molar-refractivity contribution >= 4 is 12.1 Å². The predicted molar refractivity (Wildman–Crippen MR) is 77.6 cm³/mol. The third-order valence-corrected chi connectivity index (χ3v) is 3.85. The third kappa shape index (κ3) is 2.45. The topological polar surface area (TPSA) is 46.1 Å². The Morgan fingerprint density at radius 3 is 2.73 bits per heavy atom. The van der Waals surface area contributed by atoms with Crippen molar-refractivity contribution in [3.63, 3.8) is 0 Å². The maximum atomic E-state index is 13.7. The highest BCUT2D eigenvalue weighted by atomic mass is 19.1. The van der Waals surface area contributed by atoms with Crippen molar-refractivity contribution in [2.24, 2.45) is 0 Å². The van der Waals surface area contributed by atoms with Gasteiger partial charge in [0.15, 0.2) is 0 Å². The minimum Gasteiger partial charge on any atom is -0.312 e. The molecule has 1 aromatic carbocycles. The van der Waals surface area contributed by atoms with Crippen molar-refractivity contribution in [1.29, 1.82) is 0 Å². The van der Waals surface area contributed by atoms with Crippen LogP contribution in [-0.2, 0) is 16.6 Å². The number of aromatic nitrogens is 2. The van der Waals surface area contributed by atoms with Crippen molar-refractivity contribution in [2.45, 2.75) is 25.7 Å². The van der Waals surface area contributed by atoms with Gasteiger partial charge < -0.3 is 4.90 Å². The Labute approximate surface area is 126 Å². The molecule has 0 atom stereocenters. The number of benzene rings is 1. The molecular formula is C16H15F2N3O. The van der Waals surface area contributed by atoms with Gasteiger partial charge in [0.1, 0.15) is 11.6 Å². The number of rotatable bonds is 3. The average molecular weight is 303 g/mol. The number of hydrogen-bond donors (Lipinski definition) is 0. The van der Waals surface area contributed by atoms with Crippen molar-refractivity contribution in [3.05, 3.63) is 52.9 Å². The van der Waals surface area contributed by atoms with Crippen molar-refractivity contribution < 1.29 is 13.6 Å². The first-order chi connectivity index (χ1) is 10.4. The van der Waals surface area contributed by atoms with Gasteiger partial charge in [-0.05, 0) is 17.7 Å². The zero-order valence-corrected chi connectivity index (χ0v) is 12.3. The monoisotopic (exact) mass is 303 g/mol. The lowest BCUT2D eigenvalue weighted by atomic mass is 9.91. The molecule has 1 amide bonds. The highest BCUT2D eigenvalue weighted by Crippen LogP contribution is 2.38. The van der Waals surface area contributed by atoms with E-state index in [9.17, 15) is 13.6 Å². The second-order valence-electron chi connectivity index (χ2n) is 6.10. The van der Waals surface area contributed by atoms with Crippen LogP contribution in [0.25, 0.3) is 0 Å². The second-order valence-corrected chi connectivity index (χ2v) is 6.10. The lowest BCUT2D eigenvalue weighted by Crippen LogP contribution is -2.27. The highest BCUT2D eigenvalue weighted by Gasteiger charge is 2.37. The molecule has 1 aliphatic rings. The molecule has 114 valence electrons. The smallest absolute Gasteiger partial charge is 0.214 e. The number of carbonyl (C=O) groups excluding carboxylic acids is 1. The van der Waals surface area contributed by atoms with Gasteiger partial charge in [-0.3, -0.25) is 4.79 Å². The number of hydrogen-bond acceptors (Lipinski definition) is 3. The van der Waals surface area contributed by atoms with Crippen LogP contribution in [0.4, 0.5) is 14.5 Å². The summed E-state index contributed by atoms with van der Waals surface area (Å²) in [5, 5.41) is 8.33. The number of fused-ring (bicyclic) bond motifs is 1. The van der Waals surface area contributed by atoms with Gasteiger partial charge in [0.25, 0.3) is 0 Å². The van der Waals surface area contributed by atoms with E-state index in [4.69, 9.17) is 0 Å². The van der Waals surface area contributed by atoms with E-state index in [0.717, 1.165) is 18.2 Å². The molecule has 2 heterocycles. The number of amides is 1. The first kappa shape index (κ1) is 14.6. The van der Waals surface area contributed by atoms with Crippen LogP contribution in [-0.4, -0.2) is 23.2 Å². The van der Waals surface area contributed by atoms with Gasteiger partial charge in [-0.15, -0.1) is 0 Å². The lowest BCUT2D eigenvalue weighted by molar-refractivity contribution is -0.107. The Kier molecular flexibility index (Phi) is 3.39. The van der Waals surface area contributed by atoms with Crippen LogP contribution in [0.15, 0.2) is 24.3 Å². The van der Waals surface area contributed by atoms with Crippen LogP contribution >= 0.6 is 0 Å². The van der Waals surface area contributed by atoms with E-state index in [1.54, 1.807) is 11.0 Å². The fourth-order valence-electron chi connectivity index (χ4n) is 2.75. The van der Waals surface area contributed by atoms with Gasteiger partial charge in [-0.2, -0.15) is 10.2 Å². The molecule has 0 unspecified atom stereocenters. The number of halogens is 2. The molecule has 0 saturated carbocycles. The molecule has 0 saturated heterocycles. The first-order valence-corrected chi connectivity index (χ1v) is 6.93. The third-order valence-electron chi connectivity index (χ3n) is 3.85. The highest BCUT2D eigenvalue weighted by molar-refractivity contribution is 5.80. The van der Waals surface area contributed by atoms with Gasteiger partial charge in [-0.1, -0.05) is 19.9 Å². The lowest BCUT2D eigenvalue weighted by Gasteiger charge is -2.16. The number of anilines is 1. The van der Waals surface area contributed by atoms with Crippen LogP contribution < -0.4 is 4.90 Å². The van der Waals surface area contributed by atoms with E-state index < -0.39 is 11.6 Å². The Balaban J connectivity index is 1.96. The Morgan fingerprint density at radius 2 is 2.05 bits per heavy atom. The molecule has 0 fully saturated rings. The second kappa shape index (κ2) is 5.12. The number of carbonyl (C=O) groups is 1. The van der Waals surface area contributed by atoms with Gasteiger partial charge in [0.05, 0.1) is 17.1 Å². The standard InChI is InChI=1S/C16H15F2N3O/c1-16(2)8-21(9-22)14-7-12(19-20-15(14)16)5-10-3-4-11(17)6-13(10)18/h3-4,6-7,9H,5,8H2,1-2H3. The molecule has 3 rings (SSSR count). The summed E-state index contributed by atoms with van der Waals surface area (Å²) in [6.45, 7) is 4.52. The van der Waals surface area contributed by atoms with Gasteiger partial charge >= 0.3 is 0 Å². The summed E-state index contributed by atoms with van der Waals surface area (Å²) in [5.74, 6) is -1.23. The number of nitrogens with zero attached hydrogens (tertiary/aromatic N) is 3. The maximum absolute atomic E-state index is 13.7. The van der Waals surface area contributed by atoms with Crippen molar-refractivity contribution in [1.82, 2.24) is 10.2 Å². The van der Waals surface area contributed by atoms with Crippen molar-refractivity contribution in [3.8, 4) is 0 Å². The molecule has 1 aromatic heterocycles. The van der Waals surface area contributed by atoms with Crippen LogP contribution in [0, 0.1) is 11.6 Å². The molecule has 0 radical (unpaired) electrons. The summed E-state index contributed by atoms with van der Waals surface area (Å²) in [6, 6.07) is 5.19. The van der Waals surface area contributed by atoms with E-state index in [1.807, 2.05) is 13.8 Å². The average Bonchev–Trinajstić information content (AvgIpc) is 2.73. The molecule has 6 heteroatoms. The molecule has 0 aliphatic carbocycles. The van der Waals surface area contributed by atoms with Crippen LogP contribution in [0.3, 0.4) is 0 Å². The largest absolute Gasteiger partial charge is 0.312 e. The quantitative estimate of drug-likeness (QED) is 0.819. The van der Waals surface area contributed by atoms with E-state index in [2.05, 4.69) is 10.2 Å². The fourth-order valence-corrected chi connectivity index (χ4v) is 2.75. The zero-order valence-electron chi connectivity index (χ0n) is 12.3. The predicted octanol–water partition coefficient (Wildman–Crippen LogP) is 2.60. The molecule has 0 spiro atoms. The Bertz CT molecular complexity index is 746. The summed E-state index contributed by atoms with van der Waals surface area (Å²) < 4.78 is 26.7. The van der Waals surface area contributed by atoms with E-state index in [-0.39, 0.29) is 11.8 Å². The molecule has 22 heavy (non-hydrogen) atoms. The Morgan fingerprint density at radius 1 is 1.27 bits per heavy atom. The zero-order chi connectivity index (χ0) is 15.9. The van der Waals surface area contributed by atoms with E-state index >= 15 is 0 Å². The summed E-state index contributed by atoms with van der Waals surface area (Å²) in [5.41, 5.74) is 2.07. The molecular weight excluding hydrogens is 288 g/mol. The minimum absolute atomic E-state index is 0.194. The Hall–Kier alpha value is -2.37. The van der Waals surface area contributed by atoms with Crippen LogP contribution in [0.5, 0.6) is 0 Å². The summed E-state index contributed by atoms with van der Waals surface area (Å²) >= 11 is 0. The SMILES string of the molecule is CC1(C)CN(C=O)c2cc(Cc3ccc(F)cc3F)nnc21. The molecule has 2 aromatic rings. The van der Waals surface area contributed by atoms with Gasteiger partial charge in [0.2, 0.25) is 6.41 Å². The van der Waals surface area contributed by atoms with E-state index in [0.29, 0.717) is 23.5 Å². The van der Waals surface area contributed by atoms with Gasteiger partial charge in [-0.25, -0.2) is 8.78 Å². The van der Waals surface area contributed by atoms with Crippen molar-refractivity contribution in [2.75, 3.05) is 11.4 Å². The summed E-state index contributed by atoms with van der Waals surface area (Å²) in [6.07, 6.45) is 0.955. The van der Waals surface area contributed by atoms with Crippen LogP contribution in [0.1, 0.15) is 30.8 Å². The first-order valence-electron chi connectivity index (χ1n) is 6.93. The fraction of sp³-hybridized carbons (Fsp3) is 0.312. The molecule has 0 bridgehead atoms. The van der Waals surface area contributed by atoms with E-state index in [1.165, 1.54) is 12.1 Å². The van der Waals surface area contributed by atoms with Gasteiger partial charge in [0, 0.05) is 24.4 Å².